The molecule has 0 unspecified atom stereocenters. The van der Waals surface area contributed by atoms with E-state index in [4.69, 9.17) is 5.73 Å². The summed E-state index contributed by atoms with van der Waals surface area (Å²) in [6, 6.07) is 0. The quantitative estimate of drug-likeness (QED) is 0.855. The molecule has 0 saturated heterocycles. The first-order valence-corrected chi connectivity index (χ1v) is 5.56. The Labute approximate surface area is 119 Å². The maximum absolute atomic E-state index is 5.65. The van der Waals surface area contributed by atoms with Crippen molar-refractivity contribution in [2.75, 3.05) is 18.8 Å². The molecule has 98 valence electrons. The van der Waals surface area contributed by atoms with Crippen LogP contribution in [-0.2, 0) is 12.8 Å². The van der Waals surface area contributed by atoms with Crippen molar-refractivity contribution in [3.05, 3.63) is 41.5 Å². The van der Waals surface area contributed by atoms with Gasteiger partial charge in [0.25, 0.3) is 0 Å². The lowest BCUT2D eigenvalue weighted by molar-refractivity contribution is 0.368. The summed E-state index contributed by atoms with van der Waals surface area (Å²) in [4.78, 5) is 11.1. The number of nitrogens with zero attached hydrogens (tertiary/aromatic N) is 3. The van der Waals surface area contributed by atoms with Gasteiger partial charge in [-0.05, 0) is 12.2 Å². The van der Waals surface area contributed by atoms with Crippen molar-refractivity contribution < 1.29 is 0 Å². The number of hydrogen-bond acceptors (Lipinski definition) is 4. The van der Waals surface area contributed by atoms with E-state index in [1.165, 1.54) is 5.70 Å². The molecule has 2 heterocycles. The van der Waals surface area contributed by atoms with Crippen molar-refractivity contribution in [2.24, 2.45) is 0 Å². The van der Waals surface area contributed by atoms with Crippen LogP contribution in [0.3, 0.4) is 0 Å². The van der Waals surface area contributed by atoms with Gasteiger partial charge in [-0.25, -0.2) is 4.98 Å². The van der Waals surface area contributed by atoms with Gasteiger partial charge in [0.05, 0.1) is 17.6 Å². The minimum atomic E-state index is 0. The fourth-order valence-electron chi connectivity index (χ4n) is 2.12. The number of anilines is 1. The molecule has 6 heteroatoms. The molecule has 1 aromatic heterocycles. The van der Waals surface area contributed by atoms with Crippen LogP contribution in [0, 0.1) is 0 Å². The highest BCUT2D eigenvalue weighted by molar-refractivity contribution is 5.85. The Balaban J connectivity index is 0.000000810. The first-order chi connectivity index (χ1) is 7.83. The number of halogens is 2. The molecule has 0 bridgehead atoms. The van der Waals surface area contributed by atoms with Crippen LogP contribution in [0.5, 0.6) is 0 Å². The molecule has 18 heavy (non-hydrogen) atoms. The molecular formula is C12H16Cl2N4. The van der Waals surface area contributed by atoms with Gasteiger partial charge in [-0.15, -0.1) is 24.8 Å². The van der Waals surface area contributed by atoms with Crippen molar-refractivity contribution >= 4 is 30.6 Å². The lowest BCUT2D eigenvalue weighted by Gasteiger charge is -2.25. The lowest BCUT2D eigenvalue weighted by Crippen LogP contribution is -2.26. The number of hydrogen-bond donors (Lipinski definition) is 1. The Bertz CT molecular complexity index is 485. The Morgan fingerprint density at radius 3 is 2.39 bits per heavy atom. The van der Waals surface area contributed by atoms with Crippen LogP contribution in [0.4, 0.5) is 5.82 Å². The van der Waals surface area contributed by atoms with Gasteiger partial charge in [0, 0.05) is 31.6 Å². The predicted octanol–water partition coefficient (Wildman–Crippen LogP) is 1.76. The first kappa shape index (κ1) is 14.8. The average molecular weight is 287 g/mol. The van der Waals surface area contributed by atoms with Gasteiger partial charge in [-0.2, -0.15) is 0 Å². The standard InChI is InChI=1S/C12H14N4.2ClH/c13-12-8-14-10-4-6-16(9-2-1-3-9)7-5-11(10)15-12;;/h1-3,8H,4-7H2,(H2,13,15);2*1H. The summed E-state index contributed by atoms with van der Waals surface area (Å²) >= 11 is 0. The van der Waals surface area contributed by atoms with Crippen LogP contribution >= 0.6 is 24.8 Å². The third-order valence-electron chi connectivity index (χ3n) is 3.09. The summed E-state index contributed by atoms with van der Waals surface area (Å²) in [6.07, 6.45) is 9.89. The van der Waals surface area contributed by atoms with Crippen molar-refractivity contribution in [2.45, 2.75) is 12.8 Å². The molecule has 0 atom stereocenters. The molecule has 0 spiro atoms. The molecule has 3 rings (SSSR count). The third-order valence-corrected chi connectivity index (χ3v) is 3.09. The van der Waals surface area contributed by atoms with Gasteiger partial charge < -0.3 is 10.6 Å². The van der Waals surface area contributed by atoms with Gasteiger partial charge in [0.2, 0.25) is 0 Å². The van der Waals surface area contributed by atoms with Gasteiger partial charge in [0.1, 0.15) is 5.82 Å². The maximum atomic E-state index is 5.65. The van der Waals surface area contributed by atoms with E-state index in [9.17, 15) is 0 Å². The van der Waals surface area contributed by atoms with Crippen molar-refractivity contribution in [1.29, 1.82) is 0 Å². The monoisotopic (exact) mass is 286 g/mol. The Morgan fingerprint density at radius 1 is 1.11 bits per heavy atom. The largest absolute Gasteiger partial charge is 0.382 e. The van der Waals surface area contributed by atoms with Crippen LogP contribution in [-0.4, -0.2) is 28.0 Å². The van der Waals surface area contributed by atoms with Crippen LogP contribution in [0.25, 0.3) is 0 Å². The van der Waals surface area contributed by atoms with Crippen molar-refractivity contribution in [3.8, 4) is 0 Å². The van der Waals surface area contributed by atoms with Crippen LogP contribution in [0.15, 0.2) is 30.1 Å². The summed E-state index contributed by atoms with van der Waals surface area (Å²) in [7, 11) is 0. The van der Waals surface area contributed by atoms with Gasteiger partial charge >= 0.3 is 0 Å². The summed E-state index contributed by atoms with van der Waals surface area (Å²) in [6.45, 7) is 2.02. The Morgan fingerprint density at radius 2 is 1.78 bits per heavy atom. The molecule has 4 nitrogen and oxygen atoms in total. The molecule has 2 aliphatic rings. The number of nitrogen functional groups attached to an aromatic ring is 1. The molecule has 0 aromatic carbocycles. The molecule has 0 amide bonds. The van der Waals surface area contributed by atoms with E-state index < -0.39 is 0 Å². The second-order valence-electron chi connectivity index (χ2n) is 4.13. The number of nitrogens with two attached hydrogens (primary N) is 1. The fourth-order valence-corrected chi connectivity index (χ4v) is 2.12. The van der Waals surface area contributed by atoms with Crippen LogP contribution in [0.1, 0.15) is 11.4 Å². The van der Waals surface area contributed by atoms with Crippen LogP contribution in [0.2, 0.25) is 0 Å². The number of allylic oxidation sites excluding steroid dienone is 3. The second kappa shape index (κ2) is 6.07. The highest BCUT2D eigenvalue weighted by Crippen LogP contribution is 2.19. The lowest BCUT2D eigenvalue weighted by atomic mass is 10.2. The van der Waals surface area contributed by atoms with E-state index >= 15 is 0 Å². The van der Waals surface area contributed by atoms with E-state index in [0.717, 1.165) is 37.3 Å². The summed E-state index contributed by atoms with van der Waals surface area (Å²) in [5.41, 5.74) is 9.13. The first-order valence-electron chi connectivity index (χ1n) is 5.56. The fraction of sp³-hybridized carbons (Fsp3) is 0.333. The molecular weight excluding hydrogens is 271 g/mol. The SMILES string of the molecule is Cl.Cl.Nc1cnc2c(n1)CCN(C1=CC=C1)CC2. The number of fused-ring (bicyclic) bond motifs is 1. The molecule has 1 aromatic rings. The third kappa shape index (κ3) is 2.76. The summed E-state index contributed by atoms with van der Waals surface area (Å²) in [5.74, 6) is 0.523. The zero-order valence-electron chi connectivity index (χ0n) is 9.87. The van der Waals surface area contributed by atoms with Crippen molar-refractivity contribution in [3.63, 3.8) is 0 Å². The van der Waals surface area contributed by atoms with Gasteiger partial charge in [-0.1, -0.05) is 6.08 Å². The summed E-state index contributed by atoms with van der Waals surface area (Å²) in [5, 5.41) is 0. The zero-order valence-corrected chi connectivity index (χ0v) is 11.5. The van der Waals surface area contributed by atoms with Crippen molar-refractivity contribution in [1.82, 2.24) is 14.9 Å². The van der Waals surface area contributed by atoms with E-state index in [1.54, 1.807) is 6.20 Å². The van der Waals surface area contributed by atoms with E-state index in [0.29, 0.717) is 5.82 Å². The molecule has 0 saturated carbocycles. The predicted molar refractivity (Wildman–Crippen MR) is 77.1 cm³/mol. The smallest absolute Gasteiger partial charge is 0.142 e. The normalized spacial score (nSPS) is 16.4. The van der Waals surface area contributed by atoms with Gasteiger partial charge in [-0.3, -0.25) is 4.98 Å². The molecule has 2 N–H and O–H groups in total. The molecule has 1 aliphatic carbocycles. The van der Waals surface area contributed by atoms with Crippen LogP contribution < -0.4 is 5.73 Å². The van der Waals surface area contributed by atoms with Gasteiger partial charge in [0.15, 0.2) is 0 Å². The number of aromatic nitrogens is 2. The maximum Gasteiger partial charge on any atom is 0.142 e. The Kier molecular flexibility index (Phi) is 4.99. The zero-order chi connectivity index (χ0) is 11.0. The van der Waals surface area contributed by atoms with E-state index in [2.05, 4.69) is 33.1 Å². The average Bonchev–Trinajstić information content (AvgIpc) is 2.39. The second-order valence-corrected chi connectivity index (χ2v) is 4.13. The Hall–Kier alpha value is -1.26. The number of rotatable bonds is 1. The molecule has 1 aliphatic heterocycles. The molecule has 0 radical (unpaired) electrons. The minimum absolute atomic E-state index is 0. The highest BCUT2D eigenvalue weighted by Gasteiger charge is 2.17. The summed E-state index contributed by atoms with van der Waals surface area (Å²) < 4.78 is 0. The highest BCUT2D eigenvalue weighted by atomic mass is 35.5. The van der Waals surface area contributed by atoms with E-state index in [-0.39, 0.29) is 24.8 Å². The topological polar surface area (TPSA) is 55.0 Å². The van der Waals surface area contributed by atoms with E-state index in [1.807, 2.05) is 0 Å². The molecule has 0 fully saturated rings. The minimum Gasteiger partial charge on any atom is -0.382 e.